The van der Waals surface area contributed by atoms with Crippen LogP contribution in [0, 0.1) is 25.2 Å². The third kappa shape index (κ3) is 5.08. The Kier molecular flexibility index (Phi) is 5.64. The molecule has 1 aromatic carbocycles. The van der Waals surface area contributed by atoms with Crippen LogP contribution in [-0.4, -0.2) is 22.4 Å². The average molecular weight is 309 g/mol. The Labute approximate surface area is 135 Å². The summed E-state index contributed by atoms with van der Waals surface area (Å²) in [5, 5.41) is 14.9. The SMILES string of the molecule is Cc1cc(C)nc(NCCCC(=O)Nc2ccccc2C#N)n1. The van der Waals surface area contributed by atoms with Gasteiger partial charge in [-0.15, -0.1) is 0 Å². The zero-order valence-corrected chi connectivity index (χ0v) is 13.3. The molecule has 0 aliphatic carbocycles. The molecule has 0 saturated heterocycles. The summed E-state index contributed by atoms with van der Waals surface area (Å²) < 4.78 is 0. The number of hydrogen-bond donors (Lipinski definition) is 2. The Morgan fingerprint density at radius 1 is 1.22 bits per heavy atom. The summed E-state index contributed by atoms with van der Waals surface area (Å²) in [4.78, 5) is 20.5. The fraction of sp³-hybridized carbons (Fsp3) is 0.294. The van der Waals surface area contributed by atoms with Crippen LogP contribution in [0.4, 0.5) is 11.6 Å². The molecule has 0 atom stereocenters. The first-order valence-electron chi connectivity index (χ1n) is 7.43. The van der Waals surface area contributed by atoms with Crippen molar-refractivity contribution in [1.29, 1.82) is 5.26 Å². The molecule has 0 aliphatic rings. The number of hydrogen-bond acceptors (Lipinski definition) is 5. The van der Waals surface area contributed by atoms with Gasteiger partial charge in [0.25, 0.3) is 0 Å². The Morgan fingerprint density at radius 2 is 1.91 bits per heavy atom. The van der Waals surface area contributed by atoms with Gasteiger partial charge >= 0.3 is 0 Å². The molecule has 0 aliphatic heterocycles. The summed E-state index contributed by atoms with van der Waals surface area (Å²) >= 11 is 0. The lowest BCUT2D eigenvalue weighted by Gasteiger charge is -2.08. The lowest BCUT2D eigenvalue weighted by Crippen LogP contribution is -2.15. The first-order chi connectivity index (χ1) is 11.1. The van der Waals surface area contributed by atoms with Gasteiger partial charge in [-0.3, -0.25) is 4.79 Å². The van der Waals surface area contributed by atoms with E-state index in [0.717, 1.165) is 11.4 Å². The Morgan fingerprint density at radius 3 is 2.61 bits per heavy atom. The second kappa shape index (κ2) is 7.90. The van der Waals surface area contributed by atoms with Crippen LogP contribution in [0.3, 0.4) is 0 Å². The highest BCUT2D eigenvalue weighted by atomic mass is 16.1. The summed E-state index contributed by atoms with van der Waals surface area (Å²) in [5.74, 6) is 0.466. The number of nitrogens with zero attached hydrogens (tertiary/aromatic N) is 3. The van der Waals surface area contributed by atoms with Crippen LogP contribution in [0.2, 0.25) is 0 Å². The third-order valence-corrected chi connectivity index (χ3v) is 3.17. The number of amides is 1. The largest absolute Gasteiger partial charge is 0.354 e. The molecule has 118 valence electrons. The minimum atomic E-state index is -0.115. The molecule has 23 heavy (non-hydrogen) atoms. The van der Waals surface area contributed by atoms with E-state index in [1.165, 1.54) is 0 Å². The van der Waals surface area contributed by atoms with E-state index in [1.54, 1.807) is 24.3 Å². The zero-order chi connectivity index (χ0) is 16.7. The monoisotopic (exact) mass is 309 g/mol. The number of benzene rings is 1. The second-order valence-electron chi connectivity index (χ2n) is 5.21. The van der Waals surface area contributed by atoms with Crippen LogP contribution in [0.15, 0.2) is 30.3 Å². The van der Waals surface area contributed by atoms with E-state index in [2.05, 4.69) is 26.7 Å². The predicted octanol–water partition coefficient (Wildman–Crippen LogP) is 2.80. The minimum absolute atomic E-state index is 0.115. The molecule has 6 heteroatoms. The van der Waals surface area contributed by atoms with Crippen molar-refractivity contribution < 1.29 is 4.79 Å². The molecule has 0 saturated carbocycles. The number of carbonyl (C=O) groups is 1. The van der Waals surface area contributed by atoms with Crippen molar-refractivity contribution >= 4 is 17.5 Å². The summed E-state index contributed by atoms with van der Waals surface area (Å²) in [6, 6.07) is 10.9. The smallest absolute Gasteiger partial charge is 0.224 e. The van der Waals surface area contributed by atoms with Crippen LogP contribution in [0.1, 0.15) is 29.8 Å². The van der Waals surface area contributed by atoms with Crippen molar-refractivity contribution in [3.05, 3.63) is 47.3 Å². The maximum atomic E-state index is 11.9. The zero-order valence-electron chi connectivity index (χ0n) is 13.3. The fourth-order valence-electron chi connectivity index (χ4n) is 2.16. The Bertz CT molecular complexity index is 716. The number of anilines is 2. The average Bonchev–Trinajstić information content (AvgIpc) is 2.51. The van der Waals surface area contributed by atoms with E-state index in [-0.39, 0.29) is 5.91 Å². The summed E-state index contributed by atoms with van der Waals surface area (Å²) in [5.41, 5.74) is 2.82. The topological polar surface area (TPSA) is 90.7 Å². The molecule has 1 amide bonds. The molecule has 1 aromatic heterocycles. The normalized spacial score (nSPS) is 9.96. The fourth-order valence-corrected chi connectivity index (χ4v) is 2.16. The molecule has 2 N–H and O–H groups in total. The number of nitriles is 1. The number of aryl methyl sites for hydroxylation is 2. The molecule has 0 bridgehead atoms. The molecule has 0 fully saturated rings. The van der Waals surface area contributed by atoms with E-state index in [0.29, 0.717) is 36.6 Å². The third-order valence-electron chi connectivity index (χ3n) is 3.17. The van der Waals surface area contributed by atoms with Gasteiger partial charge in [-0.2, -0.15) is 5.26 Å². The summed E-state index contributed by atoms with van der Waals surface area (Å²) in [7, 11) is 0. The molecule has 0 spiro atoms. The number of aromatic nitrogens is 2. The van der Waals surface area contributed by atoms with Gasteiger partial charge in [0.15, 0.2) is 0 Å². The van der Waals surface area contributed by atoms with Gasteiger partial charge in [-0.1, -0.05) is 12.1 Å². The molecule has 6 nitrogen and oxygen atoms in total. The van der Waals surface area contributed by atoms with Crippen LogP contribution in [-0.2, 0) is 4.79 Å². The van der Waals surface area contributed by atoms with Crippen molar-refractivity contribution in [2.75, 3.05) is 17.2 Å². The molecular formula is C17H19N5O. The maximum Gasteiger partial charge on any atom is 0.224 e. The van der Waals surface area contributed by atoms with E-state index in [9.17, 15) is 4.79 Å². The Balaban J connectivity index is 1.78. The van der Waals surface area contributed by atoms with Crippen molar-refractivity contribution in [2.24, 2.45) is 0 Å². The van der Waals surface area contributed by atoms with E-state index >= 15 is 0 Å². The number of carbonyl (C=O) groups excluding carboxylic acids is 1. The molecule has 2 rings (SSSR count). The van der Waals surface area contributed by atoms with Gasteiger partial charge in [-0.25, -0.2) is 9.97 Å². The summed E-state index contributed by atoms with van der Waals surface area (Å²) in [6.07, 6.45) is 1.01. The second-order valence-corrected chi connectivity index (χ2v) is 5.21. The van der Waals surface area contributed by atoms with Gasteiger partial charge in [0.1, 0.15) is 6.07 Å². The van der Waals surface area contributed by atoms with E-state index < -0.39 is 0 Å². The molecule has 0 unspecified atom stereocenters. The number of nitrogens with one attached hydrogen (secondary N) is 2. The first-order valence-corrected chi connectivity index (χ1v) is 7.43. The van der Waals surface area contributed by atoms with E-state index in [4.69, 9.17) is 5.26 Å². The lowest BCUT2D eigenvalue weighted by molar-refractivity contribution is -0.116. The highest BCUT2D eigenvalue weighted by Crippen LogP contribution is 2.14. The van der Waals surface area contributed by atoms with Crippen molar-refractivity contribution in [3.63, 3.8) is 0 Å². The van der Waals surface area contributed by atoms with E-state index in [1.807, 2.05) is 19.9 Å². The number of rotatable bonds is 6. The highest BCUT2D eigenvalue weighted by Gasteiger charge is 2.06. The molecule has 2 aromatic rings. The molecule has 1 heterocycles. The van der Waals surface area contributed by atoms with Gasteiger partial charge < -0.3 is 10.6 Å². The maximum absolute atomic E-state index is 11.9. The minimum Gasteiger partial charge on any atom is -0.354 e. The van der Waals surface area contributed by atoms with Gasteiger partial charge in [0.2, 0.25) is 11.9 Å². The predicted molar refractivity (Wildman–Crippen MR) is 89.0 cm³/mol. The van der Waals surface area contributed by atoms with Gasteiger partial charge in [0, 0.05) is 24.4 Å². The van der Waals surface area contributed by atoms with Gasteiger partial charge in [0.05, 0.1) is 11.3 Å². The van der Waals surface area contributed by atoms with Crippen LogP contribution < -0.4 is 10.6 Å². The highest BCUT2D eigenvalue weighted by molar-refractivity contribution is 5.92. The standard InChI is InChI=1S/C17H19N5O/c1-12-10-13(2)21-17(20-12)19-9-5-8-16(23)22-15-7-4-3-6-14(15)11-18/h3-4,6-7,10H,5,8-9H2,1-2H3,(H,22,23)(H,19,20,21). The van der Waals surface area contributed by atoms with Crippen molar-refractivity contribution in [3.8, 4) is 6.07 Å². The number of para-hydroxylation sites is 1. The first kappa shape index (κ1) is 16.4. The molecule has 0 radical (unpaired) electrons. The van der Waals surface area contributed by atoms with Crippen molar-refractivity contribution in [2.45, 2.75) is 26.7 Å². The Hall–Kier alpha value is -2.94. The lowest BCUT2D eigenvalue weighted by atomic mass is 10.2. The van der Waals surface area contributed by atoms with Gasteiger partial charge in [-0.05, 0) is 38.5 Å². The van der Waals surface area contributed by atoms with Crippen LogP contribution in [0.5, 0.6) is 0 Å². The van der Waals surface area contributed by atoms with Crippen molar-refractivity contribution in [1.82, 2.24) is 9.97 Å². The van der Waals surface area contributed by atoms with Crippen LogP contribution in [0.25, 0.3) is 0 Å². The van der Waals surface area contributed by atoms with Crippen LogP contribution >= 0.6 is 0 Å². The molecular weight excluding hydrogens is 290 g/mol. The quantitative estimate of drug-likeness (QED) is 0.801. The summed E-state index contributed by atoms with van der Waals surface area (Å²) in [6.45, 7) is 4.44.